The maximum Gasteiger partial charge on any atom is 0.0616 e. The van der Waals surface area contributed by atoms with Crippen LogP contribution in [0.1, 0.15) is 52.4 Å². The van der Waals surface area contributed by atoms with Crippen molar-refractivity contribution in [3.05, 3.63) is 0 Å². The highest BCUT2D eigenvalue weighted by Gasteiger charge is 2.44. The van der Waals surface area contributed by atoms with Gasteiger partial charge in [-0.1, -0.05) is 6.42 Å². The molecule has 124 valence electrons. The summed E-state index contributed by atoms with van der Waals surface area (Å²) in [5, 5.41) is 13.8. The Bertz CT molecular complexity index is 307. The summed E-state index contributed by atoms with van der Waals surface area (Å²) >= 11 is 0. The van der Waals surface area contributed by atoms with Crippen molar-refractivity contribution in [2.45, 2.75) is 70.0 Å². The molecule has 0 heterocycles. The fraction of sp³-hybridized carbons (Fsp3) is 1.00. The quantitative estimate of drug-likeness (QED) is 0.648. The number of aliphatic hydroxyl groups excluding tert-OH is 1. The van der Waals surface area contributed by atoms with Gasteiger partial charge in [0.05, 0.1) is 13.2 Å². The van der Waals surface area contributed by atoms with Crippen molar-refractivity contribution in [1.29, 1.82) is 0 Å². The lowest BCUT2D eigenvalue weighted by molar-refractivity contribution is 0.0934. The molecule has 2 fully saturated rings. The summed E-state index contributed by atoms with van der Waals surface area (Å²) in [4.78, 5) is 2.50. The van der Waals surface area contributed by atoms with Crippen LogP contribution in [0.15, 0.2) is 0 Å². The third kappa shape index (κ3) is 4.65. The van der Waals surface area contributed by atoms with Crippen molar-refractivity contribution in [3.63, 3.8) is 0 Å². The molecule has 2 N–H and O–H groups in total. The van der Waals surface area contributed by atoms with Crippen LogP contribution in [0.5, 0.6) is 0 Å². The predicted octanol–water partition coefficient (Wildman–Crippen LogP) is 2.02. The van der Waals surface area contributed by atoms with Gasteiger partial charge >= 0.3 is 0 Å². The van der Waals surface area contributed by atoms with E-state index in [-0.39, 0.29) is 5.54 Å². The Labute approximate surface area is 130 Å². The lowest BCUT2D eigenvalue weighted by Crippen LogP contribution is -2.53. The molecule has 0 bridgehead atoms. The second-order valence-corrected chi connectivity index (χ2v) is 7.23. The van der Waals surface area contributed by atoms with Crippen LogP contribution in [0.25, 0.3) is 0 Å². The highest BCUT2D eigenvalue weighted by molar-refractivity contribution is 5.03. The molecule has 0 amide bonds. The van der Waals surface area contributed by atoms with Gasteiger partial charge in [0.1, 0.15) is 0 Å². The molecule has 2 atom stereocenters. The van der Waals surface area contributed by atoms with Crippen LogP contribution in [0, 0.1) is 5.92 Å². The number of nitrogens with zero attached hydrogens (tertiary/aromatic N) is 1. The number of hydrogen-bond acceptors (Lipinski definition) is 4. The Morgan fingerprint density at radius 1 is 1.29 bits per heavy atom. The number of hydrogen-bond donors (Lipinski definition) is 2. The van der Waals surface area contributed by atoms with Gasteiger partial charge in [0.2, 0.25) is 0 Å². The SMILES string of the molecule is COCCN(CCC1CCCC1(CO)NC1CC1)C(C)C. The van der Waals surface area contributed by atoms with Crippen LogP contribution in [0.2, 0.25) is 0 Å². The van der Waals surface area contributed by atoms with E-state index in [1.54, 1.807) is 7.11 Å². The Morgan fingerprint density at radius 2 is 2.05 bits per heavy atom. The highest BCUT2D eigenvalue weighted by Crippen LogP contribution is 2.40. The number of rotatable bonds is 10. The summed E-state index contributed by atoms with van der Waals surface area (Å²) in [7, 11) is 1.77. The molecule has 0 aromatic heterocycles. The summed E-state index contributed by atoms with van der Waals surface area (Å²) in [5.41, 5.74) is 0.00503. The van der Waals surface area contributed by atoms with E-state index in [1.807, 2.05) is 0 Å². The third-order valence-corrected chi connectivity index (χ3v) is 5.39. The fourth-order valence-electron chi connectivity index (χ4n) is 3.80. The lowest BCUT2D eigenvalue weighted by Gasteiger charge is -2.37. The van der Waals surface area contributed by atoms with Gasteiger partial charge in [-0.2, -0.15) is 0 Å². The van der Waals surface area contributed by atoms with Crippen LogP contribution in [0.4, 0.5) is 0 Å². The van der Waals surface area contributed by atoms with Crippen molar-refractivity contribution in [2.24, 2.45) is 5.92 Å². The molecular weight excluding hydrogens is 264 g/mol. The van der Waals surface area contributed by atoms with E-state index in [4.69, 9.17) is 4.74 Å². The van der Waals surface area contributed by atoms with E-state index in [9.17, 15) is 5.11 Å². The maximum absolute atomic E-state index is 9.98. The summed E-state index contributed by atoms with van der Waals surface area (Å²) in [6, 6.07) is 1.23. The minimum atomic E-state index is 0.00503. The average molecular weight is 298 g/mol. The van der Waals surface area contributed by atoms with E-state index in [0.29, 0.717) is 24.6 Å². The lowest BCUT2D eigenvalue weighted by atomic mass is 9.85. The molecule has 0 aliphatic heterocycles. The van der Waals surface area contributed by atoms with E-state index in [0.717, 1.165) is 26.1 Å². The zero-order valence-electron chi connectivity index (χ0n) is 14.1. The zero-order valence-corrected chi connectivity index (χ0v) is 14.1. The summed E-state index contributed by atoms with van der Waals surface area (Å²) in [6.07, 6.45) is 7.43. The first-order valence-electron chi connectivity index (χ1n) is 8.73. The van der Waals surface area contributed by atoms with E-state index >= 15 is 0 Å². The Morgan fingerprint density at radius 3 is 2.62 bits per heavy atom. The van der Waals surface area contributed by atoms with Crippen molar-refractivity contribution in [2.75, 3.05) is 33.4 Å². The van der Waals surface area contributed by atoms with E-state index in [1.165, 1.54) is 32.1 Å². The fourth-order valence-corrected chi connectivity index (χ4v) is 3.80. The number of methoxy groups -OCH3 is 1. The van der Waals surface area contributed by atoms with Crippen LogP contribution >= 0.6 is 0 Å². The molecule has 2 rings (SSSR count). The van der Waals surface area contributed by atoms with Gasteiger partial charge < -0.3 is 15.2 Å². The van der Waals surface area contributed by atoms with Gasteiger partial charge in [-0.15, -0.1) is 0 Å². The largest absolute Gasteiger partial charge is 0.394 e. The van der Waals surface area contributed by atoms with Crippen molar-refractivity contribution in [1.82, 2.24) is 10.2 Å². The second kappa shape index (κ2) is 7.91. The molecule has 0 aromatic carbocycles. The van der Waals surface area contributed by atoms with Crippen molar-refractivity contribution in [3.8, 4) is 0 Å². The average Bonchev–Trinajstić information content (AvgIpc) is 3.18. The number of aliphatic hydroxyl groups is 1. The Kier molecular flexibility index (Phi) is 6.48. The van der Waals surface area contributed by atoms with E-state index < -0.39 is 0 Å². The molecule has 0 spiro atoms. The van der Waals surface area contributed by atoms with Crippen molar-refractivity contribution >= 4 is 0 Å². The molecule has 4 heteroatoms. The molecule has 4 nitrogen and oxygen atoms in total. The Hall–Kier alpha value is -0.160. The third-order valence-electron chi connectivity index (χ3n) is 5.39. The molecule has 21 heavy (non-hydrogen) atoms. The van der Waals surface area contributed by atoms with Crippen LogP contribution in [-0.4, -0.2) is 61.0 Å². The van der Waals surface area contributed by atoms with Crippen LogP contribution in [0.3, 0.4) is 0 Å². The van der Waals surface area contributed by atoms with Gasteiger partial charge in [-0.25, -0.2) is 0 Å². The summed E-state index contributed by atoms with van der Waals surface area (Å²) < 4.78 is 5.22. The van der Waals surface area contributed by atoms with Gasteiger partial charge in [0, 0.05) is 31.3 Å². The monoisotopic (exact) mass is 298 g/mol. The van der Waals surface area contributed by atoms with Crippen LogP contribution < -0.4 is 5.32 Å². The van der Waals surface area contributed by atoms with Gasteiger partial charge in [0.25, 0.3) is 0 Å². The van der Waals surface area contributed by atoms with Gasteiger partial charge in [0.15, 0.2) is 0 Å². The minimum absolute atomic E-state index is 0.00503. The first kappa shape index (κ1) is 17.2. The molecule has 2 aliphatic rings. The predicted molar refractivity (Wildman–Crippen MR) is 86.5 cm³/mol. The summed E-state index contributed by atoms with van der Waals surface area (Å²) in [5.74, 6) is 0.617. The summed E-state index contributed by atoms with van der Waals surface area (Å²) in [6.45, 7) is 7.73. The molecule has 2 saturated carbocycles. The normalized spacial score (nSPS) is 29.7. The number of nitrogens with one attached hydrogen (secondary N) is 1. The minimum Gasteiger partial charge on any atom is -0.394 e. The molecule has 2 unspecified atom stereocenters. The molecule has 0 radical (unpaired) electrons. The Balaban J connectivity index is 1.86. The number of ether oxygens (including phenoxy) is 1. The standard InChI is InChI=1S/C17H34N2O2/c1-14(2)19(11-12-21-3)10-8-15-5-4-9-17(15,13-20)18-16-6-7-16/h14-16,18,20H,4-13H2,1-3H3. The van der Waals surface area contributed by atoms with Crippen molar-refractivity contribution < 1.29 is 9.84 Å². The topological polar surface area (TPSA) is 44.7 Å². The second-order valence-electron chi connectivity index (χ2n) is 7.23. The smallest absolute Gasteiger partial charge is 0.0616 e. The zero-order chi connectivity index (χ0) is 15.3. The highest BCUT2D eigenvalue weighted by atomic mass is 16.5. The van der Waals surface area contributed by atoms with Gasteiger partial charge in [-0.3, -0.25) is 4.90 Å². The molecule has 0 aromatic rings. The first-order valence-corrected chi connectivity index (χ1v) is 8.73. The van der Waals surface area contributed by atoms with Gasteiger partial charge in [-0.05, 0) is 58.4 Å². The van der Waals surface area contributed by atoms with Crippen LogP contribution in [-0.2, 0) is 4.74 Å². The van der Waals surface area contributed by atoms with E-state index in [2.05, 4.69) is 24.1 Å². The molecule has 0 saturated heterocycles. The molecular formula is C17H34N2O2. The maximum atomic E-state index is 9.98. The molecule has 2 aliphatic carbocycles. The first-order chi connectivity index (χ1) is 10.1.